The number of hydrogen-bond donors (Lipinski definition) is 1. The Balaban J connectivity index is 2.10. The second-order valence-corrected chi connectivity index (χ2v) is 5.54. The molecule has 0 aliphatic carbocycles. The maximum Gasteiger partial charge on any atom is 0.272 e. The fourth-order valence-electron chi connectivity index (χ4n) is 2.29. The molecule has 1 fully saturated rings. The molecule has 2 N–H and O–H groups in total. The number of likely N-dealkylation sites (tertiary alicyclic amines) is 1. The molecule has 0 radical (unpaired) electrons. The van der Waals surface area contributed by atoms with Gasteiger partial charge in [-0.3, -0.25) is 9.48 Å². The average molecular weight is 250 g/mol. The average Bonchev–Trinajstić information content (AvgIpc) is 2.65. The minimum Gasteiger partial charge on any atom is -0.333 e. The van der Waals surface area contributed by atoms with Crippen LogP contribution in [0.3, 0.4) is 0 Å². The van der Waals surface area contributed by atoms with Crippen molar-refractivity contribution in [2.75, 3.05) is 13.1 Å². The lowest BCUT2D eigenvalue weighted by Gasteiger charge is -2.50. The molecular weight excluding hydrogens is 228 g/mol. The molecular formula is C13H22N4O. The number of hydrogen-bond acceptors (Lipinski definition) is 3. The minimum absolute atomic E-state index is 0.0409. The van der Waals surface area contributed by atoms with Gasteiger partial charge in [0.2, 0.25) is 0 Å². The van der Waals surface area contributed by atoms with Gasteiger partial charge in [-0.2, -0.15) is 5.10 Å². The first-order valence-electron chi connectivity index (χ1n) is 6.50. The van der Waals surface area contributed by atoms with Gasteiger partial charge in [-0.15, -0.1) is 0 Å². The smallest absolute Gasteiger partial charge is 0.272 e. The molecule has 1 amide bonds. The monoisotopic (exact) mass is 250 g/mol. The topological polar surface area (TPSA) is 64.2 Å². The summed E-state index contributed by atoms with van der Waals surface area (Å²) in [6, 6.07) is 1.84. The largest absolute Gasteiger partial charge is 0.333 e. The lowest BCUT2D eigenvalue weighted by atomic mass is 9.80. The summed E-state index contributed by atoms with van der Waals surface area (Å²) in [7, 11) is 0. The van der Waals surface area contributed by atoms with Gasteiger partial charge in [0.25, 0.3) is 5.91 Å². The SMILES string of the molecule is CCn1nc(C)cc1C(=O)N1CC(N)(C(C)C)C1. The number of carbonyl (C=O) groups excluding carboxylic acids is 1. The number of aromatic nitrogens is 2. The van der Waals surface area contributed by atoms with Gasteiger partial charge in [-0.1, -0.05) is 13.8 Å². The number of nitrogens with two attached hydrogens (primary N) is 1. The van der Waals surface area contributed by atoms with Crippen LogP contribution < -0.4 is 5.73 Å². The third-order valence-corrected chi connectivity index (χ3v) is 3.83. The van der Waals surface area contributed by atoms with Gasteiger partial charge < -0.3 is 10.6 Å². The number of aryl methyl sites for hydroxylation is 2. The second kappa shape index (κ2) is 4.39. The van der Waals surface area contributed by atoms with Crippen molar-refractivity contribution in [3.63, 3.8) is 0 Å². The van der Waals surface area contributed by atoms with E-state index in [1.54, 1.807) is 4.68 Å². The van der Waals surface area contributed by atoms with E-state index < -0.39 is 0 Å². The zero-order valence-electron chi connectivity index (χ0n) is 11.6. The van der Waals surface area contributed by atoms with Crippen molar-refractivity contribution < 1.29 is 4.79 Å². The molecule has 2 heterocycles. The minimum atomic E-state index is -0.220. The van der Waals surface area contributed by atoms with Gasteiger partial charge in [0, 0.05) is 19.6 Å². The van der Waals surface area contributed by atoms with Gasteiger partial charge in [0.15, 0.2) is 0 Å². The van der Waals surface area contributed by atoms with Crippen LogP contribution in [-0.4, -0.2) is 39.2 Å². The highest BCUT2D eigenvalue weighted by molar-refractivity contribution is 5.93. The van der Waals surface area contributed by atoms with E-state index in [-0.39, 0.29) is 11.4 Å². The van der Waals surface area contributed by atoms with E-state index >= 15 is 0 Å². The van der Waals surface area contributed by atoms with Gasteiger partial charge in [0.1, 0.15) is 5.69 Å². The lowest BCUT2D eigenvalue weighted by molar-refractivity contribution is 0.0264. The highest BCUT2D eigenvalue weighted by Gasteiger charge is 2.44. The predicted octanol–water partition coefficient (Wildman–Crippen LogP) is 1.02. The summed E-state index contributed by atoms with van der Waals surface area (Å²) in [5.41, 5.74) is 7.54. The van der Waals surface area contributed by atoms with Gasteiger partial charge >= 0.3 is 0 Å². The van der Waals surface area contributed by atoms with Crippen molar-refractivity contribution in [1.29, 1.82) is 0 Å². The normalized spacial score (nSPS) is 18.0. The van der Waals surface area contributed by atoms with Crippen LogP contribution in [0.4, 0.5) is 0 Å². The first-order valence-corrected chi connectivity index (χ1v) is 6.50. The molecule has 0 bridgehead atoms. The Hall–Kier alpha value is -1.36. The van der Waals surface area contributed by atoms with Crippen LogP contribution in [0.15, 0.2) is 6.07 Å². The van der Waals surface area contributed by atoms with Gasteiger partial charge in [-0.05, 0) is 25.8 Å². The van der Waals surface area contributed by atoms with E-state index in [4.69, 9.17) is 5.73 Å². The molecule has 0 aromatic carbocycles. The summed E-state index contributed by atoms with van der Waals surface area (Å²) < 4.78 is 1.75. The van der Waals surface area contributed by atoms with Crippen molar-refractivity contribution in [1.82, 2.24) is 14.7 Å². The summed E-state index contributed by atoms with van der Waals surface area (Å²) in [4.78, 5) is 14.1. The molecule has 5 heteroatoms. The number of carbonyl (C=O) groups is 1. The van der Waals surface area contributed by atoms with E-state index in [0.717, 1.165) is 5.69 Å². The van der Waals surface area contributed by atoms with Crippen LogP contribution in [0.2, 0.25) is 0 Å². The molecule has 1 aliphatic rings. The third kappa shape index (κ3) is 2.03. The molecule has 1 saturated heterocycles. The van der Waals surface area contributed by atoms with Crippen LogP contribution in [-0.2, 0) is 6.54 Å². The predicted molar refractivity (Wildman–Crippen MR) is 70.3 cm³/mol. The fourth-order valence-corrected chi connectivity index (χ4v) is 2.29. The Labute approximate surface area is 108 Å². The Morgan fingerprint density at radius 3 is 2.67 bits per heavy atom. The van der Waals surface area contributed by atoms with Crippen LogP contribution in [0.25, 0.3) is 0 Å². The third-order valence-electron chi connectivity index (χ3n) is 3.83. The van der Waals surface area contributed by atoms with Crippen LogP contribution >= 0.6 is 0 Å². The highest BCUT2D eigenvalue weighted by Crippen LogP contribution is 2.27. The summed E-state index contributed by atoms with van der Waals surface area (Å²) in [6.07, 6.45) is 0. The van der Waals surface area contributed by atoms with Crippen molar-refractivity contribution in [2.24, 2.45) is 11.7 Å². The van der Waals surface area contributed by atoms with Gasteiger partial charge in [0.05, 0.1) is 11.2 Å². The van der Waals surface area contributed by atoms with Crippen molar-refractivity contribution in [2.45, 2.75) is 39.8 Å². The summed E-state index contributed by atoms with van der Waals surface area (Å²) in [5.74, 6) is 0.429. The summed E-state index contributed by atoms with van der Waals surface area (Å²) in [5, 5.41) is 4.30. The quantitative estimate of drug-likeness (QED) is 0.871. The molecule has 0 unspecified atom stereocenters. The lowest BCUT2D eigenvalue weighted by Crippen LogP contribution is -2.71. The maximum atomic E-state index is 12.3. The second-order valence-electron chi connectivity index (χ2n) is 5.54. The Kier molecular flexibility index (Phi) is 3.19. The van der Waals surface area contributed by atoms with Crippen LogP contribution in [0.5, 0.6) is 0 Å². The number of nitrogens with zero attached hydrogens (tertiary/aromatic N) is 3. The van der Waals surface area contributed by atoms with E-state index in [9.17, 15) is 4.79 Å². The molecule has 0 atom stereocenters. The Bertz CT molecular complexity index is 458. The zero-order valence-corrected chi connectivity index (χ0v) is 11.6. The van der Waals surface area contributed by atoms with Crippen molar-refractivity contribution >= 4 is 5.91 Å². The molecule has 0 spiro atoms. The van der Waals surface area contributed by atoms with E-state index in [1.165, 1.54) is 0 Å². The molecule has 0 saturated carbocycles. The molecule has 1 aliphatic heterocycles. The Morgan fingerprint density at radius 1 is 1.56 bits per heavy atom. The summed E-state index contributed by atoms with van der Waals surface area (Å²) >= 11 is 0. The Morgan fingerprint density at radius 2 is 2.17 bits per heavy atom. The van der Waals surface area contributed by atoms with E-state index in [0.29, 0.717) is 31.2 Å². The summed E-state index contributed by atoms with van der Waals surface area (Å²) in [6.45, 7) is 10.1. The molecule has 2 rings (SSSR count). The van der Waals surface area contributed by atoms with E-state index in [1.807, 2.05) is 24.8 Å². The van der Waals surface area contributed by atoms with Crippen molar-refractivity contribution in [3.05, 3.63) is 17.5 Å². The molecule has 100 valence electrons. The van der Waals surface area contributed by atoms with Crippen LogP contribution in [0, 0.1) is 12.8 Å². The van der Waals surface area contributed by atoms with Crippen molar-refractivity contribution in [3.8, 4) is 0 Å². The first-order chi connectivity index (χ1) is 8.37. The fraction of sp³-hybridized carbons (Fsp3) is 0.692. The first kappa shape index (κ1) is 13.1. The standard InChI is InChI=1S/C13H22N4O/c1-5-17-11(6-10(4)15-17)12(18)16-7-13(14,8-16)9(2)3/h6,9H,5,7-8,14H2,1-4H3. The van der Waals surface area contributed by atoms with Crippen LogP contribution in [0.1, 0.15) is 37.0 Å². The number of rotatable bonds is 3. The molecule has 1 aromatic rings. The molecule has 5 nitrogen and oxygen atoms in total. The van der Waals surface area contributed by atoms with E-state index in [2.05, 4.69) is 18.9 Å². The number of amides is 1. The molecule has 1 aromatic heterocycles. The molecule has 18 heavy (non-hydrogen) atoms. The maximum absolute atomic E-state index is 12.3. The zero-order chi connectivity index (χ0) is 13.5. The highest BCUT2D eigenvalue weighted by atomic mass is 16.2. The van der Waals surface area contributed by atoms with Gasteiger partial charge in [-0.25, -0.2) is 0 Å².